The summed E-state index contributed by atoms with van der Waals surface area (Å²) in [7, 11) is 0. The van der Waals surface area contributed by atoms with Crippen LogP contribution in [0.15, 0.2) is 24.3 Å². The van der Waals surface area contributed by atoms with E-state index in [0.717, 1.165) is 18.0 Å². The van der Waals surface area contributed by atoms with Crippen LogP contribution < -0.4 is 5.32 Å². The third-order valence-electron chi connectivity index (χ3n) is 3.85. The van der Waals surface area contributed by atoms with Gasteiger partial charge in [0.15, 0.2) is 0 Å². The summed E-state index contributed by atoms with van der Waals surface area (Å²) < 4.78 is 12.8. The molecule has 1 saturated carbocycles. The van der Waals surface area contributed by atoms with E-state index in [0.29, 0.717) is 6.04 Å². The van der Waals surface area contributed by atoms with E-state index in [1.54, 1.807) is 0 Å². The molecule has 1 aromatic carbocycles. The van der Waals surface area contributed by atoms with Crippen LogP contribution in [-0.2, 0) is 0 Å². The van der Waals surface area contributed by atoms with Gasteiger partial charge in [0.2, 0.25) is 0 Å². The minimum absolute atomic E-state index is 0.160. The first-order valence-electron chi connectivity index (χ1n) is 6.74. The second-order valence-corrected chi connectivity index (χ2v) is 5.17. The lowest BCUT2D eigenvalue weighted by molar-refractivity contribution is 0.454. The van der Waals surface area contributed by atoms with Gasteiger partial charge in [-0.05, 0) is 43.5 Å². The molecule has 17 heavy (non-hydrogen) atoms. The molecule has 0 saturated heterocycles. The van der Waals surface area contributed by atoms with Crippen molar-refractivity contribution in [2.24, 2.45) is 5.92 Å². The summed E-state index contributed by atoms with van der Waals surface area (Å²) >= 11 is 0. The predicted octanol–water partition coefficient (Wildman–Crippen LogP) is 4.06. The summed E-state index contributed by atoms with van der Waals surface area (Å²) in [6.07, 6.45) is 6.93. The second-order valence-electron chi connectivity index (χ2n) is 5.17. The molecule has 2 heteroatoms. The van der Waals surface area contributed by atoms with E-state index in [4.69, 9.17) is 0 Å². The Morgan fingerprint density at radius 1 is 1.24 bits per heavy atom. The molecule has 0 spiro atoms. The summed E-state index contributed by atoms with van der Waals surface area (Å²) in [6.45, 7) is 3.21. The van der Waals surface area contributed by atoms with Crippen LogP contribution in [0.2, 0.25) is 0 Å². The van der Waals surface area contributed by atoms with Gasteiger partial charge in [0.1, 0.15) is 5.82 Å². The Labute approximate surface area is 103 Å². The van der Waals surface area contributed by atoms with Crippen molar-refractivity contribution >= 4 is 0 Å². The molecule has 1 atom stereocenters. The van der Waals surface area contributed by atoms with Crippen molar-refractivity contribution in [1.29, 1.82) is 0 Å². The molecule has 1 aliphatic carbocycles. The van der Waals surface area contributed by atoms with Gasteiger partial charge in [-0.25, -0.2) is 4.39 Å². The normalized spacial score (nSPS) is 18.5. The van der Waals surface area contributed by atoms with E-state index in [2.05, 4.69) is 12.2 Å². The molecule has 0 aromatic heterocycles. The molecule has 2 rings (SSSR count). The molecule has 1 unspecified atom stereocenters. The first-order valence-corrected chi connectivity index (χ1v) is 6.74. The number of hydrogen-bond acceptors (Lipinski definition) is 1. The maximum absolute atomic E-state index is 12.8. The van der Waals surface area contributed by atoms with Crippen molar-refractivity contribution in [2.75, 3.05) is 6.54 Å². The highest BCUT2D eigenvalue weighted by Gasteiger charge is 2.14. The Hall–Kier alpha value is -0.890. The molecule has 94 valence electrons. The van der Waals surface area contributed by atoms with Gasteiger partial charge in [0.05, 0.1) is 0 Å². The van der Waals surface area contributed by atoms with E-state index in [9.17, 15) is 4.39 Å². The molecular weight excluding hydrogens is 213 g/mol. The van der Waals surface area contributed by atoms with Gasteiger partial charge in [-0.2, -0.15) is 0 Å². The Kier molecular flexibility index (Phi) is 4.55. The van der Waals surface area contributed by atoms with Crippen LogP contribution in [0.5, 0.6) is 0 Å². The Morgan fingerprint density at radius 3 is 2.53 bits per heavy atom. The van der Waals surface area contributed by atoms with E-state index >= 15 is 0 Å². The first kappa shape index (κ1) is 12.6. The fourth-order valence-electron chi connectivity index (χ4n) is 2.67. The Bertz CT molecular complexity index is 327. The molecule has 0 bridgehead atoms. The van der Waals surface area contributed by atoms with Crippen LogP contribution in [0.25, 0.3) is 0 Å². The number of nitrogens with one attached hydrogen (secondary N) is 1. The lowest BCUT2D eigenvalue weighted by Crippen LogP contribution is -2.21. The molecular formula is C15H22FN. The van der Waals surface area contributed by atoms with Crippen LogP contribution in [0, 0.1) is 11.7 Å². The zero-order valence-electron chi connectivity index (χ0n) is 10.6. The van der Waals surface area contributed by atoms with Gasteiger partial charge < -0.3 is 5.32 Å². The van der Waals surface area contributed by atoms with E-state index in [-0.39, 0.29) is 5.82 Å². The molecule has 0 aliphatic heterocycles. The maximum Gasteiger partial charge on any atom is 0.123 e. The van der Waals surface area contributed by atoms with Crippen molar-refractivity contribution in [2.45, 2.75) is 45.1 Å². The van der Waals surface area contributed by atoms with Crippen molar-refractivity contribution < 1.29 is 4.39 Å². The molecule has 1 nitrogen and oxygen atoms in total. The smallest absolute Gasteiger partial charge is 0.123 e. The largest absolute Gasteiger partial charge is 0.310 e. The SMILES string of the molecule is CC(NCCC1CCCC1)c1ccc(F)cc1. The number of benzene rings is 1. The Morgan fingerprint density at radius 2 is 1.88 bits per heavy atom. The van der Waals surface area contributed by atoms with E-state index in [1.807, 2.05) is 12.1 Å². The third kappa shape index (κ3) is 3.81. The molecule has 1 aliphatic rings. The fourth-order valence-corrected chi connectivity index (χ4v) is 2.67. The topological polar surface area (TPSA) is 12.0 Å². The van der Waals surface area contributed by atoms with Crippen LogP contribution >= 0.6 is 0 Å². The summed E-state index contributed by atoms with van der Waals surface area (Å²) in [5, 5.41) is 3.52. The number of rotatable bonds is 5. The summed E-state index contributed by atoms with van der Waals surface area (Å²) in [5.41, 5.74) is 1.16. The average Bonchev–Trinajstić information content (AvgIpc) is 2.83. The van der Waals surface area contributed by atoms with Crippen LogP contribution in [-0.4, -0.2) is 6.54 Å². The number of hydrogen-bond donors (Lipinski definition) is 1. The van der Waals surface area contributed by atoms with Crippen molar-refractivity contribution in [3.63, 3.8) is 0 Å². The average molecular weight is 235 g/mol. The standard InChI is InChI=1S/C15H22FN/c1-12(14-6-8-15(16)9-7-14)17-11-10-13-4-2-3-5-13/h6-9,12-13,17H,2-5,10-11H2,1H3. The van der Waals surface area contributed by atoms with Gasteiger partial charge in [-0.1, -0.05) is 37.8 Å². The van der Waals surface area contributed by atoms with Gasteiger partial charge >= 0.3 is 0 Å². The van der Waals surface area contributed by atoms with Crippen molar-refractivity contribution in [3.05, 3.63) is 35.6 Å². The summed E-state index contributed by atoms with van der Waals surface area (Å²) in [5.74, 6) is 0.773. The monoisotopic (exact) mass is 235 g/mol. The molecule has 0 heterocycles. The minimum Gasteiger partial charge on any atom is -0.310 e. The maximum atomic E-state index is 12.8. The van der Waals surface area contributed by atoms with Crippen LogP contribution in [0.1, 0.15) is 50.6 Å². The molecule has 1 N–H and O–H groups in total. The zero-order chi connectivity index (χ0) is 12.1. The fraction of sp³-hybridized carbons (Fsp3) is 0.600. The minimum atomic E-state index is -0.160. The first-order chi connectivity index (χ1) is 8.25. The predicted molar refractivity (Wildman–Crippen MR) is 69.4 cm³/mol. The quantitative estimate of drug-likeness (QED) is 0.811. The van der Waals surface area contributed by atoms with Crippen LogP contribution in [0.3, 0.4) is 0 Å². The van der Waals surface area contributed by atoms with Crippen molar-refractivity contribution in [1.82, 2.24) is 5.32 Å². The number of halogens is 1. The molecule has 0 radical (unpaired) electrons. The molecule has 1 fully saturated rings. The van der Waals surface area contributed by atoms with Crippen molar-refractivity contribution in [3.8, 4) is 0 Å². The zero-order valence-corrected chi connectivity index (χ0v) is 10.6. The summed E-state index contributed by atoms with van der Waals surface area (Å²) in [6, 6.07) is 7.11. The third-order valence-corrected chi connectivity index (χ3v) is 3.85. The van der Waals surface area contributed by atoms with Gasteiger partial charge in [0.25, 0.3) is 0 Å². The molecule has 0 amide bonds. The molecule has 1 aromatic rings. The highest BCUT2D eigenvalue weighted by Crippen LogP contribution is 2.27. The lowest BCUT2D eigenvalue weighted by Gasteiger charge is -2.16. The Balaban J connectivity index is 1.72. The summed E-state index contributed by atoms with van der Waals surface area (Å²) in [4.78, 5) is 0. The highest BCUT2D eigenvalue weighted by atomic mass is 19.1. The van der Waals surface area contributed by atoms with Gasteiger partial charge in [-0.3, -0.25) is 0 Å². The second kappa shape index (κ2) is 6.15. The van der Waals surface area contributed by atoms with E-state index < -0.39 is 0 Å². The van der Waals surface area contributed by atoms with Gasteiger partial charge in [0, 0.05) is 6.04 Å². The highest BCUT2D eigenvalue weighted by molar-refractivity contribution is 5.19. The van der Waals surface area contributed by atoms with Gasteiger partial charge in [-0.15, -0.1) is 0 Å². The van der Waals surface area contributed by atoms with E-state index in [1.165, 1.54) is 44.2 Å². The van der Waals surface area contributed by atoms with Crippen LogP contribution in [0.4, 0.5) is 4.39 Å². The lowest BCUT2D eigenvalue weighted by atomic mass is 10.0.